The molecule has 1 heterocycles. The van der Waals surface area contributed by atoms with Crippen LogP contribution in [0.5, 0.6) is 0 Å². The summed E-state index contributed by atoms with van der Waals surface area (Å²) in [6.07, 6.45) is 2.26. The standard InChI is InChI=1S/C17H18ClNS/c18-14-7-5-13(6-8-14)9-11-19-16-10-12-20-17-4-2-1-3-15(16)17/h1-8,16,19H,9-12H2. The Kier molecular flexibility index (Phi) is 4.66. The summed E-state index contributed by atoms with van der Waals surface area (Å²) in [5.74, 6) is 1.20. The van der Waals surface area contributed by atoms with E-state index in [1.165, 1.54) is 28.2 Å². The summed E-state index contributed by atoms with van der Waals surface area (Å²) < 4.78 is 0. The number of benzene rings is 2. The van der Waals surface area contributed by atoms with Crippen LogP contribution < -0.4 is 5.32 Å². The van der Waals surface area contributed by atoms with Crippen molar-refractivity contribution in [3.63, 3.8) is 0 Å². The maximum absolute atomic E-state index is 5.91. The number of fused-ring (bicyclic) bond motifs is 1. The van der Waals surface area contributed by atoms with Crippen LogP contribution in [0.25, 0.3) is 0 Å². The molecular formula is C17H18ClNS. The summed E-state index contributed by atoms with van der Waals surface area (Å²) in [6, 6.07) is 17.4. The van der Waals surface area contributed by atoms with Gasteiger partial charge in [0.1, 0.15) is 0 Å². The fraction of sp³-hybridized carbons (Fsp3) is 0.294. The first-order valence-electron chi connectivity index (χ1n) is 7.02. The third-order valence-corrected chi connectivity index (χ3v) is 5.05. The molecule has 1 atom stereocenters. The Morgan fingerprint density at radius 3 is 2.75 bits per heavy atom. The molecule has 1 unspecified atom stereocenters. The average Bonchev–Trinajstić information content (AvgIpc) is 2.49. The minimum Gasteiger partial charge on any atom is -0.310 e. The van der Waals surface area contributed by atoms with E-state index >= 15 is 0 Å². The van der Waals surface area contributed by atoms with Gasteiger partial charge < -0.3 is 5.32 Å². The average molecular weight is 304 g/mol. The van der Waals surface area contributed by atoms with E-state index in [4.69, 9.17) is 11.6 Å². The second kappa shape index (κ2) is 6.66. The summed E-state index contributed by atoms with van der Waals surface area (Å²) in [7, 11) is 0. The molecule has 20 heavy (non-hydrogen) atoms. The van der Waals surface area contributed by atoms with Gasteiger partial charge in [-0.25, -0.2) is 0 Å². The van der Waals surface area contributed by atoms with E-state index in [1.807, 2.05) is 23.9 Å². The normalized spacial score (nSPS) is 17.8. The summed E-state index contributed by atoms with van der Waals surface area (Å²) in [6.45, 7) is 1.01. The molecule has 0 aliphatic carbocycles. The predicted molar refractivity (Wildman–Crippen MR) is 87.7 cm³/mol. The first-order chi connectivity index (χ1) is 9.83. The van der Waals surface area contributed by atoms with E-state index in [0.29, 0.717) is 6.04 Å². The summed E-state index contributed by atoms with van der Waals surface area (Å²) in [5.41, 5.74) is 2.79. The maximum atomic E-state index is 5.91. The Bertz CT molecular complexity index is 567. The van der Waals surface area contributed by atoms with Crippen LogP contribution in [0.1, 0.15) is 23.6 Å². The molecule has 104 valence electrons. The van der Waals surface area contributed by atoms with Crippen LogP contribution in [0, 0.1) is 0 Å². The van der Waals surface area contributed by atoms with Gasteiger partial charge in [0.25, 0.3) is 0 Å². The minimum atomic E-state index is 0.500. The lowest BCUT2D eigenvalue weighted by atomic mass is 10.0. The highest BCUT2D eigenvalue weighted by molar-refractivity contribution is 7.99. The SMILES string of the molecule is Clc1ccc(CCNC2CCSc3ccccc32)cc1. The Morgan fingerprint density at radius 2 is 1.90 bits per heavy atom. The maximum Gasteiger partial charge on any atom is 0.0406 e. The van der Waals surface area contributed by atoms with Crippen LogP contribution in [-0.2, 0) is 6.42 Å². The third kappa shape index (κ3) is 3.38. The molecule has 3 heteroatoms. The zero-order valence-electron chi connectivity index (χ0n) is 11.3. The molecule has 0 saturated carbocycles. The lowest BCUT2D eigenvalue weighted by Gasteiger charge is -2.26. The number of halogens is 1. The summed E-state index contributed by atoms with van der Waals surface area (Å²) in [5, 5.41) is 4.50. The van der Waals surface area contributed by atoms with Gasteiger partial charge in [0, 0.05) is 16.0 Å². The van der Waals surface area contributed by atoms with Crippen molar-refractivity contribution in [2.45, 2.75) is 23.8 Å². The molecule has 0 spiro atoms. The minimum absolute atomic E-state index is 0.500. The number of hydrogen-bond acceptors (Lipinski definition) is 2. The molecule has 1 aliphatic rings. The molecule has 1 N–H and O–H groups in total. The molecular weight excluding hydrogens is 286 g/mol. The van der Waals surface area contributed by atoms with Crippen LogP contribution in [0.15, 0.2) is 53.4 Å². The molecule has 2 aromatic carbocycles. The number of thioether (sulfide) groups is 1. The van der Waals surface area contributed by atoms with Crippen LogP contribution in [0.2, 0.25) is 5.02 Å². The first-order valence-corrected chi connectivity index (χ1v) is 8.39. The molecule has 0 aromatic heterocycles. The van der Waals surface area contributed by atoms with E-state index in [1.54, 1.807) is 0 Å². The zero-order valence-corrected chi connectivity index (χ0v) is 12.9. The fourth-order valence-corrected chi connectivity index (χ4v) is 3.85. The van der Waals surface area contributed by atoms with Crippen molar-refractivity contribution < 1.29 is 0 Å². The van der Waals surface area contributed by atoms with Gasteiger partial charge in [-0.1, -0.05) is 41.9 Å². The molecule has 0 saturated heterocycles. The highest BCUT2D eigenvalue weighted by Gasteiger charge is 2.19. The molecule has 0 amide bonds. The largest absolute Gasteiger partial charge is 0.310 e. The van der Waals surface area contributed by atoms with Gasteiger partial charge in [0.15, 0.2) is 0 Å². The summed E-state index contributed by atoms with van der Waals surface area (Å²) in [4.78, 5) is 1.43. The van der Waals surface area contributed by atoms with Crippen molar-refractivity contribution in [3.8, 4) is 0 Å². The second-order valence-corrected chi connectivity index (χ2v) is 6.63. The lowest BCUT2D eigenvalue weighted by Crippen LogP contribution is -2.26. The Hall–Kier alpha value is -0.960. The molecule has 3 rings (SSSR count). The van der Waals surface area contributed by atoms with Gasteiger partial charge in [-0.05, 0) is 54.5 Å². The van der Waals surface area contributed by atoms with E-state index in [0.717, 1.165) is 18.0 Å². The van der Waals surface area contributed by atoms with Crippen molar-refractivity contribution >= 4 is 23.4 Å². The Labute approximate surface area is 129 Å². The van der Waals surface area contributed by atoms with E-state index < -0.39 is 0 Å². The smallest absolute Gasteiger partial charge is 0.0406 e. The van der Waals surface area contributed by atoms with E-state index in [-0.39, 0.29) is 0 Å². The highest BCUT2D eigenvalue weighted by atomic mass is 35.5. The zero-order chi connectivity index (χ0) is 13.8. The quantitative estimate of drug-likeness (QED) is 0.878. The van der Waals surface area contributed by atoms with Crippen LogP contribution in [-0.4, -0.2) is 12.3 Å². The third-order valence-electron chi connectivity index (χ3n) is 3.68. The Morgan fingerprint density at radius 1 is 1.10 bits per heavy atom. The topological polar surface area (TPSA) is 12.0 Å². The number of hydrogen-bond donors (Lipinski definition) is 1. The van der Waals surface area contributed by atoms with Crippen molar-refractivity contribution in [2.75, 3.05) is 12.3 Å². The van der Waals surface area contributed by atoms with Crippen LogP contribution in [0.4, 0.5) is 0 Å². The number of rotatable bonds is 4. The molecule has 1 aliphatic heterocycles. The van der Waals surface area contributed by atoms with Gasteiger partial charge >= 0.3 is 0 Å². The van der Waals surface area contributed by atoms with Gasteiger partial charge in [0.05, 0.1) is 0 Å². The fourth-order valence-electron chi connectivity index (χ4n) is 2.60. The summed E-state index contributed by atoms with van der Waals surface area (Å²) >= 11 is 7.87. The van der Waals surface area contributed by atoms with Crippen molar-refractivity contribution in [2.24, 2.45) is 0 Å². The van der Waals surface area contributed by atoms with Gasteiger partial charge in [0.2, 0.25) is 0 Å². The van der Waals surface area contributed by atoms with Crippen molar-refractivity contribution in [3.05, 3.63) is 64.7 Å². The Balaban J connectivity index is 1.58. The van der Waals surface area contributed by atoms with Crippen molar-refractivity contribution in [1.29, 1.82) is 0 Å². The van der Waals surface area contributed by atoms with Crippen LogP contribution >= 0.6 is 23.4 Å². The van der Waals surface area contributed by atoms with Crippen molar-refractivity contribution in [1.82, 2.24) is 5.32 Å². The first kappa shape index (κ1) is 14.0. The molecule has 0 fully saturated rings. The van der Waals surface area contributed by atoms with Gasteiger partial charge in [-0.3, -0.25) is 0 Å². The predicted octanol–water partition coefficient (Wildman–Crippen LogP) is 4.71. The van der Waals surface area contributed by atoms with E-state index in [2.05, 4.69) is 41.7 Å². The molecule has 0 radical (unpaired) electrons. The number of nitrogens with one attached hydrogen (secondary N) is 1. The monoisotopic (exact) mass is 303 g/mol. The van der Waals surface area contributed by atoms with Gasteiger partial charge in [-0.2, -0.15) is 0 Å². The highest BCUT2D eigenvalue weighted by Crippen LogP contribution is 2.35. The molecule has 1 nitrogen and oxygen atoms in total. The molecule has 0 bridgehead atoms. The van der Waals surface area contributed by atoms with Crippen LogP contribution in [0.3, 0.4) is 0 Å². The second-order valence-electron chi connectivity index (χ2n) is 5.06. The lowest BCUT2D eigenvalue weighted by molar-refractivity contribution is 0.514. The van der Waals surface area contributed by atoms with Gasteiger partial charge in [-0.15, -0.1) is 11.8 Å². The molecule has 2 aromatic rings. The van der Waals surface area contributed by atoms with E-state index in [9.17, 15) is 0 Å².